The fourth-order valence-corrected chi connectivity index (χ4v) is 4.10. The van der Waals surface area contributed by atoms with Gasteiger partial charge in [-0.1, -0.05) is 13.8 Å². The molecule has 2 heterocycles. The van der Waals surface area contributed by atoms with Crippen molar-refractivity contribution < 1.29 is 14.0 Å². The number of nitrogens with zero attached hydrogens (tertiary/aromatic N) is 2. The van der Waals surface area contributed by atoms with E-state index in [1.165, 1.54) is 0 Å². The molecule has 2 aromatic heterocycles. The molecule has 1 atom stereocenters. The quantitative estimate of drug-likeness (QED) is 0.270. The Morgan fingerprint density at radius 2 is 1.86 bits per heavy atom. The number of aromatic nitrogens is 3. The van der Waals surface area contributed by atoms with Crippen LogP contribution in [0.4, 0.5) is 0 Å². The Labute approximate surface area is 206 Å². The van der Waals surface area contributed by atoms with Gasteiger partial charge in [0.15, 0.2) is 10.7 Å². The van der Waals surface area contributed by atoms with Crippen LogP contribution < -0.4 is 20.3 Å². The topological polar surface area (TPSA) is 112 Å². The molecule has 0 bridgehead atoms. The summed E-state index contributed by atoms with van der Waals surface area (Å²) in [7, 11) is 1.57. The van der Waals surface area contributed by atoms with E-state index in [1.54, 1.807) is 37.6 Å². The predicted molar refractivity (Wildman–Crippen MR) is 139 cm³/mol. The van der Waals surface area contributed by atoms with Gasteiger partial charge in [0.05, 0.1) is 18.0 Å². The molecule has 2 aromatic carbocycles. The highest BCUT2D eigenvalue weighted by molar-refractivity contribution is 7.90. The van der Waals surface area contributed by atoms with Crippen molar-refractivity contribution in [1.29, 1.82) is 0 Å². The van der Waals surface area contributed by atoms with E-state index >= 15 is 0 Å². The number of nitrogens with one attached hydrogen (secondary N) is 2. The number of hydrogen-bond acceptors (Lipinski definition) is 7. The number of benzene rings is 2. The van der Waals surface area contributed by atoms with Crippen molar-refractivity contribution in [3.8, 4) is 34.3 Å². The van der Waals surface area contributed by atoms with Gasteiger partial charge in [-0.2, -0.15) is 0 Å². The van der Waals surface area contributed by atoms with Crippen LogP contribution in [0.5, 0.6) is 11.5 Å². The van der Waals surface area contributed by atoms with Gasteiger partial charge in [-0.25, -0.2) is 9.97 Å². The van der Waals surface area contributed by atoms with Gasteiger partial charge >= 0.3 is 0 Å². The third-order valence-electron chi connectivity index (χ3n) is 5.39. The van der Waals surface area contributed by atoms with Crippen molar-refractivity contribution in [2.45, 2.75) is 24.8 Å². The molecule has 4 aromatic rings. The zero-order chi connectivity index (χ0) is 24.9. The van der Waals surface area contributed by atoms with Crippen LogP contribution in [0.2, 0.25) is 0 Å². The molecule has 0 spiro atoms. The molecule has 0 saturated carbocycles. The van der Waals surface area contributed by atoms with Crippen LogP contribution in [0.1, 0.15) is 13.8 Å². The molecule has 0 aliphatic carbocycles. The van der Waals surface area contributed by atoms with E-state index in [2.05, 4.69) is 29.1 Å². The van der Waals surface area contributed by atoms with Crippen molar-refractivity contribution in [3.63, 3.8) is 0 Å². The van der Waals surface area contributed by atoms with Crippen LogP contribution in [0, 0.1) is 0 Å². The van der Waals surface area contributed by atoms with Gasteiger partial charge < -0.3 is 24.3 Å². The lowest BCUT2D eigenvalue weighted by molar-refractivity contribution is 0.309. The van der Waals surface area contributed by atoms with Crippen molar-refractivity contribution in [3.05, 3.63) is 65.0 Å². The first kappa shape index (κ1) is 24.7. The highest BCUT2D eigenvalue weighted by atomic mass is 32.2. The molecule has 35 heavy (non-hydrogen) atoms. The zero-order valence-corrected chi connectivity index (χ0v) is 20.9. The minimum absolute atomic E-state index is 0.258. The van der Waals surface area contributed by atoms with Gasteiger partial charge in [0.1, 0.15) is 35.7 Å². The average molecular weight is 493 g/mol. The van der Waals surface area contributed by atoms with Gasteiger partial charge in [0, 0.05) is 24.2 Å². The number of H-pyrrole nitrogens is 1. The smallest absolute Gasteiger partial charge is 0.259 e. The lowest BCUT2D eigenvalue weighted by Gasteiger charge is -2.14. The maximum Gasteiger partial charge on any atom is 0.259 e. The number of fused-ring (bicyclic) bond motifs is 1. The van der Waals surface area contributed by atoms with E-state index in [4.69, 9.17) is 14.5 Å². The first-order valence-corrected chi connectivity index (χ1v) is 12.8. The third-order valence-corrected chi connectivity index (χ3v) is 6.32. The molecule has 0 saturated heterocycles. The first-order valence-electron chi connectivity index (χ1n) is 11.2. The zero-order valence-electron chi connectivity index (χ0n) is 20.1. The molecule has 0 amide bonds. The molecule has 0 aliphatic rings. The summed E-state index contributed by atoms with van der Waals surface area (Å²) in [6, 6.07) is 16.4. The molecule has 0 radical (unpaired) electrons. The average Bonchev–Trinajstić information content (AvgIpc) is 2.86. The summed E-state index contributed by atoms with van der Waals surface area (Å²) in [6.45, 7) is 5.31. The molecule has 9 heteroatoms. The Morgan fingerprint density at radius 3 is 2.54 bits per heavy atom. The minimum atomic E-state index is -1.08. The van der Waals surface area contributed by atoms with Gasteiger partial charge in [-0.3, -0.25) is 4.79 Å². The monoisotopic (exact) mass is 492 g/mol. The highest BCUT2D eigenvalue weighted by Gasteiger charge is 2.15. The third kappa shape index (κ3) is 5.82. The number of ether oxygens (including phenoxy) is 2. The Morgan fingerprint density at radius 1 is 1.09 bits per heavy atom. The minimum Gasteiger partial charge on any atom is -0.612 e. The molecule has 0 fully saturated rings. The molecular weight excluding hydrogens is 464 g/mol. The maximum atomic E-state index is 12.7. The molecule has 4 rings (SSSR count). The highest BCUT2D eigenvalue weighted by Crippen LogP contribution is 2.31. The number of rotatable bonds is 9. The largest absolute Gasteiger partial charge is 0.612 e. The second-order valence-electron chi connectivity index (χ2n) is 8.28. The number of pyridine rings is 1. The summed E-state index contributed by atoms with van der Waals surface area (Å²) < 4.78 is 23.1. The number of hydrogen-bond donors (Lipinski definition) is 2. The normalized spacial score (nSPS) is 12.2. The molecule has 8 nitrogen and oxygen atoms in total. The van der Waals surface area contributed by atoms with Crippen LogP contribution in [-0.4, -0.2) is 52.1 Å². The maximum absolute atomic E-state index is 12.7. The molecule has 1 unspecified atom stereocenters. The lowest BCUT2D eigenvalue weighted by Crippen LogP contribution is -2.27. The predicted octanol–water partition coefficient (Wildman–Crippen LogP) is 3.77. The fraction of sp³-hybridized carbons (Fsp3) is 0.269. The summed E-state index contributed by atoms with van der Waals surface area (Å²) in [5.41, 5.74) is 2.16. The van der Waals surface area contributed by atoms with Gasteiger partial charge in [0.2, 0.25) is 0 Å². The van der Waals surface area contributed by atoms with E-state index in [1.807, 2.05) is 30.3 Å². The van der Waals surface area contributed by atoms with E-state index in [0.717, 1.165) is 10.5 Å². The summed E-state index contributed by atoms with van der Waals surface area (Å²) in [6.07, 6.45) is 1.64. The van der Waals surface area contributed by atoms with E-state index in [-0.39, 0.29) is 5.56 Å². The van der Waals surface area contributed by atoms with Crippen LogP contribution in [0.15, 0.2) is 64.3 Å². The van der Waals surface area contributed by atoms with Gasteiger partial charge in [0.25, 0.3) is 5.56 Å². The Balaban J connectivity index is 1.75. The standard InChI is InChI=1S/C26H28N4O4S/c1-16(2)27-13-14-34-23-12-11-21(28-24(23)17-5-8-19(9-6-17)35(4)32)25-29-22-15-18(33-3)7-10-20(22)26(31)30-25/h5-12,15-16,27H,13-14H2,1-4H3,(H,29,30,31). The molecule has 182 valence electrons. The van der Waals surface area contributed by atoms with E-state index < -0.39 is 11.2 Å². The fourth-order valence-electron chi connectivity index (χ4n) is 3.58. The summed E-state index contributed by atoms with van der Waals surface area (Å²) in [5.74, 6) is 1.56. The first-order chi connectivity index (χ1) is 16.9. The van der Waals surface area contributed by atoms with Crippen LogP contribution in [0.25, 0.3) is 33.7 Å². The van der Waals surface area contributed by atoms with Crippen LogP contribution >= 0.6 is 0 Å². The number of methoxy groups -OCH3 is 1. The second kappa shape index (κ2) is 10.9. The van der Waals surface area contributed by atoms with Crippen molar-refractivity contribution >= 4 is 22.1 Å². The molecule has 0 aliphatic heterocycles. The second-order valence-corrected chi connectivity index (χ2v) is 9.66. The summed E-state index contributed by atoms with van der Waals surface area (Å²) in [4.78, 5) is 25.7. The summed E-state index contributed by atoms with van der Waals surface area (Å²) in [5, 5.41) is 3.79. The molecule has 2 N–H and O–H groups in total. The number of aromatic amines is 1. The van der Waals surface area contributed by atoms with Gasteiger partial charge in [-0.05, 0) is 59.7 Å². The SMILES string of the molecule is COc1ccc2c(=O)[nH]c(-c3ccc(OCCNC(C)C)c(-c4ccc([S+](C)[O-])cc4)n3)nc2c1. The van der Waals surface area contributed by atoms with E-state index in [0.29, 0.717) is 58.8 Å². The Kier molecular flexibility index (Phi) is 7.70. The molecular formula is C26H28N4O4S. The van der Waals surface area contributed by atoms with E-state index in [9.17, 15) is 9.35 Å². The summed E-state index contributed by atoms with van der Waals surface area (Å²) >= 11 is -1.08. The lowest BCUT2D eigenvalue weighted by atomic mass is 10.1. The Hall–Kier alpha value is -3.40. The Bertz CT molecular complexity index is 1370. The van der Waals surface area contributed by atoms with Crippen LogP contribution in [-0.2, 0) is 11.2 Å². The van der Waals surface area contributed by atoms with Crippen molar-refractivity contribution in [2.75, 3.05) is 26.5 Å². The van der Waals surface area contributed by atoms with Crippen molar-refractivity contribution in [1.82, 2.24) is 20.3 Å². The van der Waals surface area contributed by atoms with Crippen LogP contribution in [0.3, 0.4) is 0 Å². The van der Waals surface area contributed by atoms with Crippen molar-refractivity contribution in [2.24, 2.45) is 0 Å². The van der Waals surface area contributed by atoms with Gasteiger partial charge in [-0.15, -0.1) is 0 Å².